The molecule has 0 radical (unpaired) electrons. The maximum absolute atomic E-state index is 10.1. The minimum absolute atomic E-state index is 0. The maximum Gasteiger partial charge on any atom is 0.0590 e. The minimum atomic E-state index is -1.33. The molecule has 0 aromatic rings. The van der Waals surface area contributed by atoms with Crippen LogP contribution < -0.4 is 34.0 Å². The molecule has 0 aliphatic carbocycles. The molecule has 14 N–H and O–H groups in total. The zero-order valence-corrected chi connectivity index (χ0v) is 11.3. The number of quaternary nitrogens is 2. The molecule has 0 aliphatic rings. The average molecular weight is 292 g/mol. The molecule has 0 amide bonds. The van der Waals surface area contributed by atoms with E-state index in [1.807, 2.05) is 0 Å². The molecule has 0 spiro atoms. The fourth-order valence-corrected chi connectivity index (χ4v) is 2.59. The Hall–Kier alpha value is -0.560. The Morgan fingerprint density at radius 2 is 1.18 bits per heavy atom. The summed E-state index contributed by atoms with van der Waals surface area (Å²) in [7, 11) is 2.27. The largest absolute Gasteiger partial charge is 0.548 e. The van der Waals surface area contributed by atoms with Gasteiger partial charge in [0.1, 0.15) is 0 Å². The summed E-state index contributed by atoms with van der Waals surface area (Å²) in [4.78, 5) is 20.3. The molecule has 0 unspecified atom stereocenters. The highest BCUT2D eigenvalue weighted by Crippen LogP contribution is 2.21. The van der Waals surface area contributed by atoms with Crippen molar-refractivity contribution in [3.63, 3.8) is 0 Å². The van der Waals surface area contributed by atoms with Crippen LogP contribution in [-0.2, 0) is 9.59 Å². The Balaban J connectivity index is -0.000000282. The van der Waals surface area contributed by atoms with Gasteiger partial charge in [-0.2, -0.15) is 0 Å². The van der Waals surface area contributed by atoms with Crippen LogP contribution in [-0.4, -0.2) is 41.0 Å². The Labute approximate surface area is 107 Å². The molecule has 0 bridgehead atoms. The first-order valence-corrected chi connectivity index (χ1v) is 6.11. The van der Waals surface area contributed by atoms with Crippen LogP contribution in [0.15, 0.2) is 0 Å². The second-order valence-electron chi connectivity index (χ2n) is 2.42. The molecule has 0 aromatic heterocycles. The molecule has 0 rings (SSSR count). The molecule has 0 saturated carbocycles. The van der Waals surface area contributed by atoms with Gasteiger partial charge in [0, 0.05) is 11.5 Å². The lowest BCUT2D eigenvalue weighted by Crippen LogP contribution is -2.44. The number of hydrogen-bond donors (Lipinski definition) is 4. The van der Waals surface area contributed by atoms with Gasteiger partial charge in [0.15, 0.2) is 0 Å². The predicted molar refractivity (Wildman–Crippen MR) is 66.5 cm³/mol. The molecule has 0 heterocycles. The molecule has 2 atom stereocenters. The molecule has 17 heavy (non-hydrogen) atoms. The van der Waals surface area contributed by atoms with Crippen molar-refractivity contribution in [2.24, 2.45) is 11.5 Å². The summed E-state index contributed by atoms with van der Waals surface area (Å²) in [5.41, 5.74) is 10.3. The first-order valence-electron chi connectivity index (χ1n) is 3.62. The van der Waals surface area contributed by atoms with Crippen molar-refractivity contribution in [1.29, 1.82) is 0 Å². The molecule has 106 valence electrons. The van der Waals surface area contributed by atoms with E-state index in [1.165, 1.54) is 0 Å². The first kappa shape index (κ1) is 25.3. The van der Waals surface area contributed by atoms with Gasteiger partial charge in [-0.05, 0) is 0 Å². The Kier molecular flexibility index (Phi) is 20.1. The van der Waals surface area contributed by atoms with Gasteiger partial charge >= 0.3 is 0 Å². The number of aliphatic carboxylic acids is 2. The van der Waals surface area contributed by atoms with Crippen LogP contribution in [0.4, 0.5) is 0 Å². The third-order valence-corrected chi connectivity index (χ3v) is 3.66. The molecule has 0 fully saturated rings. The highest BCUT2D eigenvalue weighted by Gasteiger charge is 2.06. The molecular weight excluding hydrogens is 272 g/mol. The fourth-order valence-electron chi connectivity index (χ4n) is 0.379. The lowest BCUT2D eigenvalue weighted by molar-refractivity contribution is -0.308. The Morgan fingerprint density at radius 1 is 0.941 bits per heavy atom. The number of nitrogens with two attached hydrogens (primary N) is 2. The van der Waals surface area contributed by atoms with Crippen molar-refractivity contribution in [3.8, 4) is 0 Å². The molecule has 11 heteroatoms. The molecule has 0 saturated heterocycles. The number of rotatable bonds is 7. The molecular formula is C6H20N4O5S2. The highest BCUT2D eigenvalue weighted by atomic mass is 33.1. The van der Waals surface area contributed by atoms with Crippen LogP contribution in [0.5, 0.6) is 0 Å². The van der Waals surface area contributed by atoms with E-state index in [-0.39, 0.29) is 29.3 Å². The van der Waals surface area contributed by atoms with Crippen LogP contribution in [0.1, 0.15) is 0 Å². The summed E-state index contributed by atoms with van der Waals surface area (Å²) in [6.45, 7) is 0. The fraction of sp³-hybridized carbons (Fsp3) is 0.667. The third-order valence-electron chi connectivity index (χ3n) is 1.18. The Morgan fingerprint density at radius 3 is 1.35 bits per heavy atom. The van der Waals surface area contributed by atoms with E-state index in [2.05, 4.69) is 0 Å². The SMILES string of the molecule is N[C@@H](CSSC[C@H](N)C(=O)[O-])C(=O)[O-].O.[NH4+].[NH4+]. The summed E-state index contributed by atoms with van der Waals surface area (Å²) in [5, 5.41) is 20.3. The van der Waals surface area contributed by atoms with Crippen LogP contribution in [0.25, 0.3) is 0 Å². The number of hydrogen-bond acceptors (Lipinski definition) is 8. The van der Waals surface area contributed by atoms with Gasteiger partial charge < -0.3 is 49.0 Å². The number of carbonyl (C=O) groups excluding carboxylic acids is 2. The van der Waals surface area contributed by atoms with E-state index in [9.17, 15) is 19.8 Å². The minimum Gasteiger partial charge on any atom is -0.548 e. The monoisotopic (exact) mass is 292 g/mol. The van der Waals surface area contributed by atoms with Crippen molar-refractivity contribution in [2.45, 2.75) is 12.1 Å². The molecule has 9 nitrogen and oxygen atoms in total. The van der Waals surface area contributed by atoms with Gasteiger partial charge in [0.25, 0.3) is 0 Å². The van der Waals surface area contributed by atoms with Crippen LogP contribution in [0.3, 0.4) is 0 Å². The van der Waals surface area contributed by atoms with Crippen molar-refractivity contribution < 1.29 is 25.3 Å². The second kappa shape index (κ2) is 13.5. The lowest BCUT2D eigenvalue weighted by atomic mass is 10.4. The third kappa shape index (κ3) is 13.4. The van der Waals surface area contributed by atoms with Crippen LogP contribution in [0.2, 0.25) is 0 Å². The molecule has 0 aliphatic heterocycles. The quantitative estimate of drug-likeness (QED) is 0.270. The van der Waals surface area contributed by atoms with E-state index < -0.39 is 24.0 Å². The van der Waals surface area contributed by atoms with Gasteiger partial charge in [-0.15, -0.1) is 0 Å². The van der Waals surface area contributed by atoms with Gasteiger partial charge in [-0.25, -0.2) is 0 Å². The zero-order valence-electron chi connectivity index (χ0n) is 9.67. The summed E-state index contributed by atoms with van der Waals surface area (Å²) < 4.78 is 0. The smallest absolute Gasteiger partial charge is 0.0590 e. The highest BCUT2D eigenvalue weighted by molar-refractivity contribution is 8.76. The summed E-state index contributed by atoms with van der Waals surface area (Å²) >= 11 is 0. The van der Waals surface area contributed by atoms with E-state index in [1.54, 1.807) is 0 Å². The Bertz CT molecular complexity index is 199. The summed E-state index contributed by atoms with van der Waals surface area (Å²) in [6.07, 6.45) is 0. The lowest BCUT2D eigenvalue weighted by Gasteiger charge is -2.13. The normalized spacial score (nSPS) is 12.1. The van der Waals surface area contributed by atoms with Gasteiger partial charge in [0.2, 0.25) is 0 Å². The first-order chi connectivity index (χ1) is 6.45. The average Bonchev–Trinajstić information content (AvgIpc) is 2.11. The number of carboxylic acids is 2. The predicted octanol–water partition coefficient (Wildman–Crippen LogP) is -3.55. The van der Waals surface area contributed by atoms with E-state index in [0.29, 0.717) is 0 Å². The van der Waals surface area contributed by atoms with E-state index >= 15 is 0 Å². The van der Waals surface area contributed by atoms with Crippen molar-refractivity contribution in [3.05, 3.63) is 0 Å². The van der Waals surface area contributed by atoms with Crippen molar-refractivity contribution in [1.82, 2.24) is 12.3 Å². The maximum atomic E-state index is 10.1. The van der Waals surface area contributed by atoms with Gasteiger partial charge in [-0.3, -0.25) is 0 Å². The number of carbonyl (C=O) groups is 2. The van der Waals surface area contributed by atoms with Crippen molar-refractivity contribution >= 4 is 33.5 Å². The standard InChI is InChI=1S/C6H12N2O4S2.2H3N.H2O/c7-3(5(9)10)1-13-14-2-4(8)6(11)12;;;/h3-4H,1-2,7-8H2,(H,9,10)(H,11,12);2*1H3;1H2/t3-,4-;;;/m0.../s1. The van der Waals surface area contributed by atoms with E-state index in [4.69, 9.17) is 11.5 Å². The second-order valence-corrected chi connectivity index (χ2v) is 4.97. The topological polar surface area (TPSA) is 237 Å². The van der Waals surface area contributed by atoms with Crippen LogP contribution >= 0.6 is 21.6 Å². The number of carboxylic acid groups (broad SMARTS) is 2. The zero-order chi connectivity index (χ0) is 11.1. The van der Waals surface area contributed by atoms with Gasteiger partial charge in [-0.1, -0.05) is 21.6 Å². The molecule has 0 aromatic carbocycles. The van der Waals surface area contributed by atoms with Crippen LogP contribution in [0, 0.1) is 0 Å². The van der Waals surface area contributed by atoms with Gasteiger partial charge in [0.05, 0.1) is 24.0 Å². The van der Waals surface area contributed by atoms with E-state index in [0.717, 1.165) is 21.6 Å². The summed E-state index contributed by atoms with van der Waals surface area (Å²) in [5.74, 6) is -2.37. The van der Waals surface area contributed by atoms with Crippen molar-refractivity contribution in [2.75, 3.05) is 11.5 Å². The summed E-state index contributed by atoms with van der Waals surface area (Å²) in [6, 6.07) is -2.10.